The van der Waals surface area contributed by atoms with E-state index in [1.54, 1.807) is 11.3 Å². The van der Waals surface area contributed by atoms with Crippen LogP contribution in [0.3, 0.4) is 0 Å². The van der Waals surface area contributed by atoms with Gasteiger partial charge in [0.15, 0.2) is 23.3 Å². The number of para-hydroxylation sites is 2. The van der Waals surface area contributed by atoms with Crippen molar-refractivity contribution >= 4 is 31.6 Å². The molecule has 11 aromatic rings. The minimum Gasteiger partial charge on any atom is -0.457 e. The Morgan fingerprint density at radius 1 is 0.381 bits per heavy atom. The largest absolute Gasteiger partial charge is 0.457 e. The first-order valence-corrected chi connectivity index (χ1v) is 21.8. The first kappa shape index (κ1) is 35.6. The van der Waals surface area contributed by atoms with E-state index in [4.69, 9.17) is 29.7 Å². The van der Waals surface area contributed by atoms with Crippen molar-refractivity contribution in [2.75, 3.05) is 0 Å². The molecule has 294 valence electrons. The Labute approximate surface area is 366 Å². The number of hydrogen-bond acceptors (Lipinski definition) is 7. The fraction of sp³-hybridized carbons (Fsp3) is 0.0179. The summed E-state index contributed by atoms with van der Waals surface area (Å²) in [6.45, 7) is 0. The number of aromatic nitrogens is 5. The van der Waals surface area contributed by atoms with Gasteiger partial charge in [-0.25, -0.2) is 24.9 Å². The van der Waals surface area contributed by atoms with Gasteiger partial charge in [-0.1, -0.05) is 176 Å². The van der Waals surface area contributed by atoms with E-state index in [0.29, 0.717) is 23.3 Å². The van der Waals surface area contributed by atoms with Gasteiger partial charge in [0.1, 0.15) is 11.5 Å². The molecule has 0 amide bonds. The number of nitrogens with zero attached hydrogens (tertiary/aromatic N) is 5. The number of benzene rings is 8. The molecule has 0 saturated carbocycles. The normalized spacial score (nSPS) is 13.0. The molecule has 7 heteroatoms. The van der Waals surface area contributed by atoms with Crippen LogP contribution in [0, 0.1) is 0 Å². The average molecular weight is 824 g/mol. The number of fused-ring (bicyclic) bond motifs is 12. The van der Waals surface area contributed by atoms with Gasteiger partial charge in [-0.3, -0.25) is 0 Å². The van der Waals surface area contributed by atoms with Gasteiger partial charge in [-0.05, 0) is 46.5 Å². The summed E-state index contributed by atoms with van der Waals surface area (Å²) in [6.07, 6.45) is 0. The van der Waals surface area contributed by atoms with Crippen molar-refractivity contribution in [2.24, 2.45) is 0 Å². The van der Waals surface area contributed by atoms with Crippen molar-refractivity contribution in [1.82, 2.24) is 24.9 Å². The Balaban J connectivity index is 1.11. The summed E-state index contributed by atoms with van der Waals surface area (Å²) in [5, 5.41) is 1.12. The van der Waals surface area contributed by atoms with Gasteiger partial charge in [0.05, 0.1) is 21.3 Å². The maximum absolute atomic E-state index is 6.79. The first-order valence-electron chi connectivity index (χ1n) is 21.0. The van der Waals surface area contributed by atoms with Crippen molar-refractivity contribution in [1.29, 1.82) is 0 Å². The summed E-state index contributed by atoms with van der Waals surface area (Å²) in [6, 6.07) is 69.4. The predicted octanol–water partition coefficient (Wildman–Crippen LogP) is 13.8. The predicted molar refractivity (Wildman–Crippen MR) is 253 cm³/mol. The molecule has 0 bridgehead atoms. The Morgan fingerprint density at radius 2 is 0.937 bits per heavy atom. The highest BCUT2D eigenvalue weighted by Gasteiger charge is 2.52. The lowest BCUT2D eigenvalue weighted by Gasteiger charge is -2.40. The van der Waals surface area contributed by atoms with E-state index in [9.17, 15) is 0 Å². The third-order valence-corrected chi connectivity index (χ3v) is 13.6. The molecule has 1 aliphatic carbocycles. The summed E-state index contributed by atoms with van der Waals surface area (Å²) >= 11 is 1.75. The average Bonchev–Trinajstić information content (AvgIpc) is 3.88. The zero-order valence-electron chi connectivity index (χ0n) is 33.6. The Hall–Kier alpha value is -8.13. The molecule has 2 aliphatic rings. The number of ether oxygens (including phenoxy) is 1. The minimum atomic E-state index is -0.831. The molecule has 0 unspecified atom stereocenters. The lowest BCUT2D eigenvalue weighted by Crippen LogP contribution is -2.32. The van der Waals surface area contributed by atoms with Crippen LogP contribution in [-0.4, -0.2) is 24.9 Å². The van der Waals surface area contributed by atoms with Crippen LogP contribution in [0.25, 0.3) is 88.2 Å². The standard InChI is InChI=1S/C56H33N5OS/c1-4-17-34(18-5-1)49-51-50(40-23-10-15-30-47(40)63-51)58-55(57-49)41-25-16-24-39-38-32-31-37(54-60-52(35-19-6-2-7-20-35)59-53(61-54)36-21-8-3-9-22-36)33-44(38)56(48(39)41)42-26-11-13-28-45(42)62-46-29-14-12-27-43(46)56/h1-33H. The zero-order chi connectivity index (χ0) is 41.5. The van der Waals surface area contributed by atoms with Gasteiger partial charge in [0, 0.05) is 49.0 Å². The highest BCUT2D eigenvalue weighted by molar-refractivity contribution is 7.26. The summed E-state index contributed by atoms with van der Waals surface area (Å²) < 4.78 is 9.05. The quantitative estimate of drug-likeness (QED) is 0.172. The van der Waals surface area contributed by atoms with Gasteiger partial charge in [-0.2, -0.15) is 0 Å². The van der Waals surface area contributed by atoms with Crippen molar-refractivity contribution in [3.63, 3.8) is 0 Å². The number of rotatable bonds is 5. The maximum atomic E-state index is 6.79. The third-order valence-electron chi connectivity index (χ3n) is 12.4. The molecular weight excluding hydrogens is 791 g/mol. The fourth-order valence-electron chi connectivity index (χ4n) is 9.72. The molecule has 0 saturated heterocycles. The van der Waals surface area contributed by atoms with Crippen molar-refractivity contribution in [2.45, 2.75) is 5.41 Å². The van der Waals surface area contributed by atoms with Crippen molar-refractivity contribution in [3.8, 4) is 79.4 Å². The smallest absolute Gasteiger partial charge is 0.164 e. The van der Waals surface area contributed by atoms with E-state index >= 15 is 0 Å². The molecule has 1 spiro atoms. The van der Waals surface area contributed by atoms with E-state index < -0.39 is 5.41 Å². The minimum absolute atomic E-state index is 0.594. The Morgan fingerprint density at radius 3 is 1.60 bits per heavy atom. The van der Waals surface area contributed by atoms with Crippen LogP contribution in [0.5, 0.6) is 11.5 Å². The van der Waals surface area contributed by atoms with Crippen LogP contribution in [0.2, 0.25) is 0 Å². The third kappa shape index (κ3) is 5.40. The highest BCUT2D eigenvalue weighted by Crippen LogP contribution is 2.64. The van der Waals surface area contributed by atoms with Crippen LogP contribution < -0.4 is 4.74 Å². The van der Waals surface area contributed by atoms with Crippen LogP contribution in [0.15, 0.2) is 200 Å². The van der Waals surface area contributed by atoms with E-state index in [0.717, 1.165) is 94.0 Å². The number of hydrogen-bond donors (Lipinski definition) is 0. The van der Waals surface area contributed by atoms with E-state index in [2.05, 4.69) is 127 Å². The van der Waals surface area contributed by atoms with Crippen LogP contribution in [-0.2, 0) is 5.41 Å². The molecule has 0 N–H and O–H groups in total. The molecule has 13 rings (SSSR count). The van der Waals surface area contributed by atoms with E-state index in [1.807, 2.05) is 72.8 Å². The highest BCUT2D eigenvalue weighted by atomic mass is 32.1. The topological polar surface area (TPSA) is 73.7 Å². The lowest BCUT2D eigenvalue weighted by molar-refractivity contribution is 0.436. The van der Waals surface area contributed by atoms with E-state index in [1.165, 1.54) is 4.70 Å². The fourth-order valence-corrected chi connectivity index (χ4v) is 10.9. The van der Waals surface area contributed by atoms with E-state index in [-0.39, 0.29) is 0 Å². The van der Waals surface area contributed by atoms with Gasteiger partial charge >= 0.3 is 0 Å². The van der Waals surface area contributed by atoms with Gasteiger partial charge in [0.25, 0.3) is 0 Å². The lowest BCUT2D eigenvalue weighted by atomic mass is 9.65. The second-order valence-corrected chi connectivity index (χ2v) is 17.0. The summed E-state index contributed by atoms with van der Waals surface area (Å²) in [5.74, 6) is 4.11. The Bertz CT molecular complexity index is 3500. The molecule has 0 radical (unpaired) electrons. The molecule has 0 fully saturated rings. The number of thiophene rings is 1. The first-order chi connectivity index (χ1) is 31.2. The van der Waals surface area contributed by atoms with Gasteiger partial charge in [-0.15, -0.1) is 11.3 Å². The summed E-state index contributed by atoms with van der Waals surface area (Å²) in [4.78, 5) is 26.5. The second kappa shape index (κ2) is 14.0. The molecule has 6 nitrogen and oxygen atoms in total. The van der Waals surface area contributed by atoms with Crippen LogP contribution in [0.1, 0.15) is 22.3 Å². The summed E-state index contributed by atoms with van der Waals surface area (Å²) in [7, 11) is 0. The Kier molecular flexibility index (Phi) is 7.89. The van der Waals surface area contributed by atoms with Gasteiger partial charge in [0.2, 0.25) is 0 Å². The van der Waals surface area contributed by atoms with Crippen LogP contribution in [0.4, 0.5) is 0 Å². The zero-order valence-corrected chi connectivity index (χ0v) is 34.4. The van der Waals surface area contributed by atoms with Crippen LogP contribution >= 0.6 is 11.3 Å². The SMILES string of the molecule is c1ccc(-c2nc(-c3ccccc3)nc(-c3ccc4c(c3)C3(c5ccccc5Oc5ccccc53)c3c(-c5nc(-c6ccccc6)c6sc7ccccc7c6n5)cccc3-4)n2)cc1. The van der Waals surface area contributed by atoms with Gasteiger partial charge < -0.3 is 4.74 Å². The molecule has 4 heterocycles. The second-order valence-electron chi connectivity index (χ2n) is 15.9. The monoisotopic (exact) mass is 823 g/mol. The van der Waals surface area contributed by atoms with Crippen molar-refractivity contribution in [3.05, 3.63) is 222 Å². The molecule has 3 aromatic heterocycles. The molecule has 63 heavy (non-hydrogen) atoms. The summed E-state index contributed by atoms with van der Waals surface area (Å²) in [5.41, 5.74) is 12.3. The van der Waals surface area contributed by atoms with Crippen molar-refractivity contribution < 1.29 is 4.74 Å². The molecule has 0 atom stereocenters. The maximum Gasteiger partial charge on any atom is 0.164 e. The molecular formula is C56H33N5OS. The molecule has 1 aliphatic heterocycles. The molecule has 8 aromatic carbocycles.